The van der Waals surface area contributed by atoms with Gasteiger partial charge in [-0.3, -0.25) is 0 Å². The molecule has 1 aromatic heterocycles. The maximum absolute atomic E-state index is 4.48. The molecular weight excluding hydrogens is 222 g/mol. The molecule has 18 heavy (non-hydrogen) atoms. The van der Waals surface area contributed by atoms with Gasteiger partial charge in [-0.2, -0.15) is 0 Å². The summed E-state index contributed by atoms with van der Waals surface area (Å²) in [5.74, 6) is 1.94. The van der Waals surface area contributed by atoms with Gasteiger partial charge >= 0.3 is 0 Å². The highest BCUT2D eigenvalue weighted by atomic mass is 15.0. The van der Waals surface area contributed by atoms with Crippen LogP contribution >= 0.6 is 0 Å². The predicted molar refractivity (Wildman–Crippen MR) is 73.7 cm³/mol. The summed E-state index contributed by atoms with van der Waals surface area (Å²) < 4.78 is 0. The molecule has 0 spiro atoms. The monoisotopic (exact) mass is 245 g/mol. The lowest BCUT2D eigenvalue weighted by atomic mass is 9.95. The van der Waals surface area contributed by atoms with Crippen molar-refractivity contribution < 1.29 is 0 Å². The molecule has 0 saturated heterocycles. The van der Waals surface area contributed by atoms with Gasteiger partial charge in [-0.15, -0.1) is 0 Å². The Hall–Kier alpha value is -1.12. The molecule has 1 unspecified atom stereocenters. The maximum atomic E-state index is 4.48. The summed E-state index contributed by atoms with van der Waals surface area (Å²) in [5.41, 5.74) is 2.66. The van der Waals surface area contributed by atoms with Crippen molar-refractivity contribution in [3.8, 4) is 0 Å². The molecule has 1 N–H and O–H groups in total. The van der Waals surface area contributed by atoms with Gasteiger partial charge in [0.05, 0.1) is 0 Å². The van der Waals surface area contributed by atoms with Crippen molar-refractivity contribution >= 4 is 5.82 Å². The fourth-order valence-electron chi connectivity index (χ4n) is 3.44. The van der Waals surface area contributed by atoms with Crippen LogP contribution in [-0.4, -0.2) is 16.0 Å². The van der Waals surface area contributed by atoms with Crippen LogP contribution in [0, 0.1) is 5.92 Å². The van der Waals surface area contributed by atoms with E-state index in [1.165, 1.54) is 49.8 Å². The molecule has 2 aliphatic carbocycles. The predicted octanol–water partition coefficient (Wildman–Crippen LogP) is 3.35. The van der Waals surface area contributed by atoms with Crippen molar-refractivity contribution in [1.29, 1.82) is 0 Å². The van der Waals surface area contributed by atoms with Gasteiger partial charge in [-0.25, -0.2) is 9.97 Å². The average Bonchev–Trinajstić information content (AvgIpc) is 2.93. The number of nitrogens with one attached hydrogen (secondary N) is 1. The first kappa shape index (κ1) is 11.9. The zero-order valence-corrected chi connectivity index (χ0v) is 11.3. The molecule has 1 atom stereocenters. The number of anilines is 1. The first-order chi connectivity index (χ1) is 8.84. The molecule has 3 rings (SSSR count). The average molecular weight is 245 g/mol. The van der Waals surface area contributed by atoms with E-state index in [2.05, 4.69) is 22.2 Å². The van der Waals surface area contributed by atoms with Gasteiger partial charge in [-0.1, -0.05) is 12.8 Å². The van der Waals surface area contributed by atoms with E-state index < -0.39 is 0 Å². The second-order valence-electron chi connectivity index (χ2n) is 5.83. The van der Waals surface area contributed by atoms with E-state index in [4.69, 9.17) is 0 Å². The van der Waals surface area contributed by atoms with Crippen LogP contribution in [0.2, 0.25) is 0 Å². The number of hydrogen-bond acceptors (Lipinski definition) is 3. The lowest BCUT2D eigenvalue weighted by Gasteiger charge is -2.24. The molecule has 3 nitrogen and oxygen atoms in total. The zero-order valence-electron chi connectivity index (χ0n) is 11.3. The standard InChI is InChI=1S/C15H23N3/c1-11(12-6-2-3-7-12)18-15-13-8-4-5-9-14(13)16-10-17-15/h10-12H,2-9H2,1H3,(H,16,17,18). The van der Waals surface area contributed by atoms with Gasteiger partial charge in [0, 0.05) is 17.3 Å². The zero-order chi connectivity index (χ0) is 12.4. The highest BCUT2D eigenvalue weighted by Crippen LogP contribution is 2.31. The van der Waals surface area contributed by atoms with Crippen LogP contribution in [0.3, 0.4) is 0 Å². The molecule has 0 aromatic carbocycles. The molecule has 1 fully saturated rings. The van der Waals surface area contributed by atoms with Gasteiger partial charge < -0.3 is 5.32 Å². The number of aryl methyl sites for hydroxylation is 1. The molecule has 0 bridgehead atoms. The summed E-state index contributed by atoms with van der Waals surface area (Å²) in [6.07, 6.45) is 12.1. The number of nitrogens with zero attached hydrogens (tertiary/aromatic N) is 2. The third-order valence-electron chi connectivity index (χ3n) is 4.60. The molecule has 0 radical (unpaired) electrons. The van der Waals surface area contributed by atoms with Crippen molar-refractivity contribution in [3.63, 3.8) is 0 Å². The second kappa shape index (κ2) is 5.25. The first-order valence-corrected chi connectivity index (χ1v) is 7.44. The van der Waals surface area contributed by atoms with E-state index >= 15 is 0 Å². The van der Waals surface area contributed by atoms with Crippen molar-refractivity contribution in [3.05, 3.63) is 17.6 Å². The van der Waals surface area contributed by atoms with Gasteiger partial charge in [0.25, 0.3) is 0 Å². The largest absolute Gasteiger partial charge is 0.367 e. The quantitative estimate of drug-likeness (QED) is 0.887. The fourth-order valence-corrected chi connectivity index (χ4v) is 3.44. The normalized spacial score (nSPS) is 21.6. The Morgan fingerprint density at radius 1 is 1.11 bits per heavy atom. The van der Waals surface area contributed by atoms with E-state index in [0.29, 0.717) is 6.04 Å². The van der Waals surface area contributed by atoms with Crippen molar-refractivity contribution in [2.45, 2.75) is 64.3 Å². The molecular formula is C15H23N3. The van der Waals surface area contributed by atoms with E-state index in [1.54, 1.807) is 6.33 Å². The second-order valence-corrected chi connectivity index (χ2v) is 5.83. The molecule has 0 amide bonds. The van der Waals surface area contributed by atoms with Crippen LogP contribution in [0.1, 0.15) is 56.7 Å². The molecule has 2 aliphatic rings. The van der Waals surface area contributed by atoms with Crippen LogP contribution < -0.4 is 5.32 Å². The summed E-state index contributed by atoms with van der Waals surface area (Å²) in [4.78, 5) is 8.91. The van der Waals surface area contributed by atoms with E-state index in [9.17, 15) is 0 Å². The van der Waals surface area contributed by atoms with E-state index in [1.807, 2.05) is 0 Å². The fraction of sp³-hybridized carbons (Fsp3) is 0.733. The highest BCUT2D eigenvalue weighted by molar-refractivity contribution is 5.47. The summed E-state index contributed by atoms with van der Waals surface area (Å²) in [6, 6.07) is 0.549. The summed E-state index contributed by atoms with van der Waals surface area (Å²) in [5, 5.41) is 3.66. The Kier molecular flexibility index (Phi) is 3.48. The SMILES string of the molecule is CC(Nc1ncnc2c1CCCC2)C1CCCC1. The van der Waals surface area contributed by atoms with Crippen LogP contribution in [-0.2, 0) is 12.8 Å². The number of aromatic nitrogens is 2. The summed E-state index contributed by atoms with van der Waals surface area (Å²) >= 11 is 0. The third kappa shape index (κ3) is 2.36. The lowest BCUT2D eigenvalue weighted by Crippen LogP contribution is -2.26. The van der Waals surface area contributed by atoms with Gasteiger partial charge in [0.2, 0.25) is 0 Å². The van der Waals surface area contributed by atoms with Crippen LogP contribution in [0.4, 0.5) is 5.82 Å². The number of fused-ring (bicyclic) bond motifs is 1. The van der Waals surface area contributed by atoms with Crippen molar-refractivity contribution in [1.82, 2.24) is 9.97 Å². The van der Waals surface area contributed by atoms with Gasteiger partial charge in [-0.05, 0) is 51.4 Å². The molecule has 1 saturated carbocycles. The summed E-state index contributed by atoms with van der Waals surface area (Å²) in [7, 11) is 0. The first-order valence-electron chi connectivity index (χ1n) is 7.44. The van der Waals surface area contributed by atoms with Crippen molar-refractivity contribution in [2.24, 2.45) is 5.92 Å². The molecule has 3 heteroatoms. The molecule has 1 aromatic rings. The smallest absolute Gasteiger partial charge is 0.133 e. The Bertz CT molecular complexity index is 410. The highest BCUT2D eigenvalue weighted by Gasteiger charge is 2.23. The van der Waals surface area contributed by atoms with E-state index in [0.717, 1.165) is 24.6 Å². The minimum atomic E-state index is 0.549. The minimum Gasteiger partial charge on any atom is -0.367 e. The van der Waals surface area contributed by atoms with Crippen LogP contribution in [0.5, 0.6) is 0 Å². The Labute approximate surface area is 109 Å². The lowest BCUT2D eigenvalue weighted by molar-refractivity contribution is 0.480. The molecule has 0 aliphatic heterocycles. The maximum Gasteiger partial charge on any atom is 0.133 e. The van der Waals surface area contributed by atoms with Crippen LogP contribution in [0.15, 0.2) is 6.33 Å². The third-order valence-corrected chi connectivity index (χ3v) is 4.60. The Morgan fingerprint density at radius 3 is 2.72 bits per heavy atom. The molecule has 98 valence electrons. The van der Waals surface area contributed by atoms with E-state index in [-0.39, 0.29) is 0 Å². The van der Waals surface area contributed by atoms with Gasteiger partial charge in [0.15, 0.2) is 0 Å². The minimum absolute atomic E-state index is 0.549. The molecule has 1 heterocycles. The van der Waals surface area contributed by atoms with Gasteiger partial charge in [0.1, 0.15) is 12.1 Å². The Balaban J connectivity index is 1.75. The number of hydrogen-bond donors (Lipinski definition) is 1. The topological polar surface area (TPSA) is 37.8 Å². The van der Waals surface area contributed by atoms with Crippen LogP contribution in [0.25, 0.3) is 0 Å². The Morgan fingerprint density at radius 2 is 1.89 bits per heavy atom. The number of rotatable bonds is 3. The van der Waals surface area contributed by atoms with Crippen molar-refractivity contribution in [2.75, 3.05) is 5.32 Å². The summed E-state index contributed by atoms with van der Waals surface area (Å²) in [6.45, 7) is 2.31.